The molecule has 0 fully saturated rings. The highest BCUT2D eigenvalue weighted by Gasteiger charge is 2.19. The van der Waals surface area contributed by atoms with E-state index in [4.69, 9.17) is 0 Å². The minimum Gasteiger partial charge on any atom is -0.206 e. The fourth-order valence-corrected chi connectivity index (χ4v) is 3.67. The van der Waals surface area contributed by atoms with Gasteiger partial charge in [0, 0.05) is 0 Å². The lowest BCUT2D eigenvalue weighted by Gasteiger charge is -2.09. The standard InChI is InChI=1S/C13H14N2O4S2/c1-11-7-9-13(10-8-11)21(18,19)15-14-20(16,17)12-5-3-2-4-6-12/h2-10,14-15H,1H3. The van der Waals surface area contributed by atoms with Crippen molar-refractivity contribution < 1.29 is 16.8 Å². The summed E-state index contributed by atoms with van der Waals surface area (Å²) < 4.78 is 47.8. The van der Waals surface area contributed by atoms with Gasteiger partial charge in [-0.2, -0.15) is 0 Å². The molecule has 0 heterocycles. The van der Waals surface area contributed by atoms with Crippen molar-refractivity contribution in [2.75, 3.05) is 0 Å². The third-order valence-corrected chi connectivity index (χ3v) is 5.35. The second-order valence-electron chi connectivity index (χ2n) is 4.34. The van der Waals surface area contributed by atoms with Crippen molar-refractivity contribution in [2.45, 2.75) is 16.7 Å². The smallest absolute Gasteiger partial charge is 0.206 e. The molecular formula is C13H14N2O4S2. The maximum atomic E-state index is 12.0. The van der Waals surface area contributed by atoms with E-state index in [0.717, 1.165) is 5.56 Å². The highest BCUT2D eigenvalue weighted by Crippen LogP contribution is 2.10. The molecule has 2 N–H and O–H groups in total. The SMILES string of the molecule is Cc1ccc(S(=O)(=O)NNS(=O)(=O)c2ccccc2)cc1. The van der Waals surface area contributed by atoms with Crippen LogP contribution in [0, 0.1) is 6.92 Å². The molecule has 0 aliphatic heterocycles. The molecule has 0 aliphatic carbocycles. The molecule has 2 rings (SSSR count). The van der Waals surface area contributed by atoms with Crippen molar-refractivity contribution in [3.05, 3.63) is 60.2 Å². The molecular weight excluding hydrogens is 312 g/mol. The first-order valence-electron chi connectivity index (χ1n) is 5.97. The highest BCUT2D eigenvalue weighted by molar-refractivity contribution is 7.92. The summed E-state index contributed by atoms with van der Waals surface area (Å²) in [4.78, 5) is 3.68. The fraction of sp³-hybridized carbons (Fsp3) is 0.0769. The third-order valence-electron chi connectivity index (χ3n) is 2.70. The lowest BCUT2D eigenvalue weighted by atomic mass is 10.2. The zero-order valence-electron chi connectivity index (χ0n) is 11.1. The monoisotopic (exact) mass is 326 g/mol. The van der Waals surface area contributed by atoms with Gasteiger partial charge in [-0.3, -0.25) is 0 Å². The fourth-order valence-electron chi connectivity index (χ4n) is 1.54. The van der Waals surface area contributed by atoms with Gasteiger partial charge >= 0.3 is 0 Å². The second-order valence-corrected chi connectivity index (χ2v) is 7.70. The lowest BCUT2D eigenvalue weighted by Crippen LogP contribution is -2.41. The molecule has 0 bridgehead atoms. The van der Waals surface area contributed by atoms with Gasteiger partial charge in [-0.1, -0.05) is 35.9 Å². The third kappa shape index (κ3) is 3.88. The average Bonchev–Trinajstić information content (AvgIpc) is 2.47. The predicted octanol–water partition coefficient (Wildman–Crippen LogP) is 1.17. The van der Waals surface area contributed by atoms with Gasteiger partial charge in [0.25, 0.3) is 20.0 Å². The van der Waals surface area contributed by atoms with Gasteiger partial charge in [0.05, 0.1) is 9.79 Å². The molecule has 112 valence electrons. The van der Waals surface area contributed by atoms with Crippen LogP contribution in [0.15, 0.2) is 64.4 Å². The first-order valence-corrected chi connectivity index (χ1v) is 8.93. The topological polar surface area (TPSA) is 92.3 Å². The lowest BCUT2D eigenvalue weighted by molar-refractivity contribution is 0.557. The maximum Gasteiger partial charge on any atom is 0.254 e. The van der Waals surface area contributed by atoms with Crippen LogP contribution in [0.5, 0.6) is 0 Å². The summed E-state index contributed by atoms with van der Waals surface area (Å²) in [5.74, 6) is 0. The van der Waals surface area contributed by atoms with Crippen LogP contribution in [0.2, 0.25) is 0 Å². The summed E-state index contributed by atoms with van der Waals surface area (Å²) in [6.45, 7) is 1.82. The Morgan fingerprint density at radius 2 is 1.10 bits per heavy atom. The zero-order chi connectivity index (χ0) is 15.5. The van der Waals surface area contributed by atoms with Crippen LogP contribution >= 0.6 is 0 Å². The minimum absolute atomic E-state index is 0.0242. The van der Waals surface area contributed by atoms with Gasteiger partial charge in [-0.15, -0.1) is 9.66 Å². The number of aryl methyl sites for hydroxylation is 1. The van der Waals surface area contributed by atoms with Gasteiger partial charge in [0.15, 0.2) is 0 Å². The molecule has 0 amide bonds. The quantitative estimate of drug-likeness (QED) is 0.807. The summed E-state index contributed by atoms with van der Waals surface area (Å²) in [6.07, 6.45) is 0. The number of hydrazine groups is 1. The number of sulfonamides is 2. The van der Waals surface area contributed by atoms with Crippen LogP contribution in [0.4, 0.5) is 0 Å². The predicted molar refractivity (Wildman–Crippen MR) is 78.3 cm³/mol. The number of hydrogen-bond donors (Lipinski definition) is 2. The first-order chi connectivity index (χ1) is 9.81. The molecule has 8 heteroatoms. The Kier molecular flexibility index (Phi) is 4.43. The number of benzene rings is 2. The van der Waals surface area contributed by atoms with E-state index in [9.17, 15) is 16.8 Å². The van der Waals surface area contributed by atoms with Crippen LogP contribution in [0.25, 0.3) is 0 Å². The molecule has 0 aliphatic rings. The summed E-state index contributed by atoms with van der Waals surface area (Å²) >= 11 is 0. The van der Waals surface area contributed by atoms with Gasteiger partial charge < -0.3 is 0 Å². The second kappa shape index (κ2) is 5.94. The summed E-state index contributed by atoms with van der Waals surface area (Å²) in [7, 11) is -7.91. The van der Waals surface area contributed by atoms with E-state index in [1.54, 1.807) is 30.3 Å². The highest BCUT2D eigenvalue weighted by atomic mass is 32.2. The van der Waals surface area contributed by atoms with Crippen molar-refractivity contribution in [1.82, 2.24) is 9.66 Å². The molecule has 0 saturated carbocycles. The van der Waals surface area contributed by atoms with E-state index in [1.165, 1.54) is 24.3 Å². The Labute approximate surface area is 123 Å². The molecule has 2 aromatic rings. The molecule has 21 heavy (non-hydrogen) atoms. The zero-order valence-corrected chi connectivity index (χ0v) is 12.8. The molecule has 0 saturated heterocycles. The molecule has 0 unspecified atom stereocenters. The number of nitrogens with one attached hydrogen (secondary N) is 2. The van der Waals surface area contributed by atoms with E-state index < -0.39 is 20.0 Å². The Balaban J connectivity index is 2.17. The van der Waals surface area contributed by atoms with Gasteiger partial charge in [-0.25, -0.2) is 16.8 Å². The van der Waals surface area contributed by atoms with Crippen molar-refractivity contribution in [1.29, 1.82) is 0 Å². The molecule has 2 aromatic carbocycles. The largest absolute Gasteiger partial charge is 0.254 e. The molecule has 0 radical (unpaired) electrons. The Morgan fingerprint density at radius 3 is 1.57 bits per heavy atom. The minimum atomic E-state index is -3.96. The van der Waals surface area contributed by atoms with E-state index in [-0.39, 0.29) is 9.79 Å². The number of rotatable bonds is 5. The normalized spacial score (nSPS) is 12.2. The summed E-state index contributed by atoms with van der Waals surface area (Å²) in [5.41, 5.74) is 0.902. The number of hydrogen-bond acceptors (Lipinski definition) is 4. The van der Waals surface area contributed by atoms with E-state index in [0.29, 0.717) is 0 Å². The molecule has 0 atom stereocenters. The van der Waals surface area contributed by atoms with Gasteiger partial charge in [0.2, 0.25) is 0 Å². The molecule has 0 spiro atoms. The van der Waals surface area contributed by atoms with Crippen molar-refractivity contribution in [2.24, 2.45) is 0 Å². The van der Waals surface area contributed by atoms with Crippen molar-refractivity contribution >= 4 is 20.0 Å². The van der Waals surface area contributed by atoms with Crippen LogP contribution in [0.1, 0.15) is 5.56 Å². The molecule has 0 aromatic heterocycles. The van der Waals surface area contributed by atoms with Crippen LogP contribution in [0.3, 0.4) is 0 Å². The Bertz CT molecular complexity index is 814. The van der Waals surface area contributed by atoms with Gasteiger partial charge in [0.1, 0.15) is 0 Å². The Morgan fingerprint density at radius 1 is 0.667 bits per heavy atom. The average molecular weight is 326 g/mol. The Hall–Kier alpha value is -1.74. The molecule has 6 nitrogen and oxygen atoms in total. The van der Waals surface area contributed by atoms with Crippen LogP contribution < -0.4 is 9.66 Å². The van der Waals surface area contributed by atoms with Crippen molar-refractivity contribution in [3.8, 4) is 0 Å². The van der Waals surface area contributed by atoms with E-state index in [1.807, 2.05) is 16.6 Å². The maximum absolute atomic E-state index is 12.0. The van der Waals surface area contributed by atoms with E-state index in [2.05, 4.69) is 0 Å². The van der Waals surface area contributed by atoms with Crippen LogP contribution in [-0.4, -0.2) is 16.8 Å². The van der Waals surface area contributed by atoms with E-state index >= 15 is 0 Å². The van der Waals surface area contributed by atoms with Crippen LogP contribution in [-0.2, 0) is 20.0 Å². The first kappa shape index (κ1) is 15.6. The van der Waals surface area contributed by atoms with Crippen molar-refractivity contribution in [3.63, 3.8) is 0 Å². The summed E-state index contributed by atoms with van der Waals surface area (Å²) in [6, 6.07) is 13.5. The van der Waals surface area contributed by atoms with Gasteiger partial charge in [-0.05, 0) is 31.2 Å². The summed E-state index contributed by atoms with van der Waals surface area (Å²) in [5, 5.41) is 0.